The number of methoxy groups -OCH3 is 1. The van der Waals surface area contributed by atoms with Crippen LogP contribution in [0.5, 0.6) is 5.75 Å². The molecule has 0 aliphatic carbocycles. The Morgan fingerprint density at radius 3 is 2.46 bits per heavy atom. The molecule has 5 heteroatoms. The van der Waals surface area contributed by atoms with Crippen molar-refractivity contribution in [1.82, 2.24) is 20.0 Å². The minimum Gasteiger partial charge on any atom is -0.497 e. The number of piperazine rings is 1. The van der Waals surface area contributed by atoms with Gasteiger partial charge < -0.3 is 4.74 Å². The summed E-state index contributed by atoms with van der Waals surface area (Å²) < 4.78 is 5.28. The first-order chi connectivity index (χ1) is 12.7. The molecule has 1 aromatic heterocycles. The van der Waals surface area contributed by atoms with Gasteiger partial charge in [-0.3, -0.25) is 14.9 Å². The number of aromatic nitrogens is 2. The van der Waals surface area contributed by atoms with Crippen LogP contribution in [0.15, 0.2) is 42.5 Å². The van der Waals surface area contributed by atoms with E-state index >= 15 is 0 Å². The number of nitrogens with one attached hydrogen (secondary N) is 1. The van der Waals surface area contributed by atoms with Crippen LogP contribution < -0.4 is 4.74 Å². The van der Waals surface area contributed by atoms with Crippen LogP contribution in [0.25, 0.3) is 10.9 Å². The highest BCUT2D eigenvalue weighted by molar-refractivity contribution is 5.82. The van der Waals surface area contributed by atoms with E-state index in [9.17, 15) is 0 Å². The van der Waals surface area contributed by atoms with E-state index in [4.69, 9.17) is 4.74 Å². The highest BCUT2D eigenvalue weighted by Gasteiger charge is 2.19. The summed E-state index contributed by atoms with van der Waals surface area (Å²) in [4.78, 5) is 5.06. The first-order valence-electron chi connectivity index (χ1n) is 9.23. The number of aryl methyl sites for hydroxylation is 1. The topological polar surface area (TPSA) is 44.4 Å². The molecule has 1 N–H and O–H groups in total. The van der Waals surface area contributed by atoms with E-state index in [1.807, 2.05) is 12.1 Å². The molecule has 4 rings (SSSR count). The average Bonchev–Trinajstić information content (AvgIpc) is 3.07. The van der Waals surface area contributed by atoms with Gasteiger partial charge >= 0.3 is 0 Å². The van der Waals surface area contributed by atoms with E-state index in [0.717, 1.165) is 50.5 Å². The zero-order chi connectivity index (χ0) is 17.9. The van der Waals surface area contributed by atoms with Gasteiger partial charge in [-0.2, -0.15) is 5.10 Å². The Morgan fingerprint density at radius 1 is 1.00 bits per heavy atom. The van der Waals surface area contributed by atoms with Gasteiger partial charge in [-0.1, -0.05) is 24.3 Å². The molecular formula is C21H26N4O. The Hall–Kier alpha value is -2.37. The molecule has 0 spiro atoms. The van der Waals surface area contributed by atoms with E-state index in [2.05, 4.69) is 57.3 Å². The van der Waals surface area contributed by atoms with Crippen molar-refractivity contribution in [3.05, 3.63) is 59.3 Å². The maximum Gasteiger partial charge on any atom is 0.121 e. The summed E-state index contributed by atoms with van der Waals surface area (Å²) in [6.45, 7) is 8.55. The number of H-pyrrole nitrogens is 1. The van der Waals surface area contributed by atoms with Gasteiger partial charge in [0, 0.05) is 50.7 Å². The van der Waals surface area contributed by atoms with E-state index in [-0.39, 0.29) is 0 Å². The molecule has 1 saturated heterocycles. The quantitative estimate of drug-likeness (QED) is 0.767. The highest BCUT2D eigenvalue weighted by atomic mass is 16.5. The van der Waals surface area contributed by atoms with Crippen LogP contribution in [0.4, 0.5) is 0 Å². The summed E-state index contributed by atoms with van der Waals surface area (Å²) >= 11 is 0. The van der Waals surface area contributed by atoms with Crippen LogP contribution in [0, 0.1) is 6.92 Å². The molecule has 2 aromatic carbocycles. The van der Waals surface area contributed by atoms with Gasteiger partial charge in [-0.05, 0) is 30.2 Å². The second-order valence-electron chi connectivity index (χ2n) is 7.06. The summed E-state index contributed by atoms with van der Waals surface area (Å²) in [5.41, 5.74) is 4.98. The predicted molar refractivity (Wildman–Crippen MR) is 104 cm³/mol. The Labute approximate surface area is 154 Å². The van der Waals surface area contributed by atoms with Crippen LogP contribution in [0.2, 0.25) is 0 Å². The molecule has 0 saturated carbocycles. The molecule has 5 nitrogen and oxygen atoms in total. The summed E-state index contributed by atoms with van der Waals surface area (Å²) in [6.07, 6.45) is 0. The second kappa shape index (κ2) is 7.48. The molecule has 1 fully saturated rings. The van der Waals surface area contributed by atoms with Gasteiger partial charge in [-0.15, -0.1) is 0 Å². The van der Waals surface area contributed by atoms with Crippen molar-refractivity contribution in [3.8, 4) is 5.75 Å². The molecule has 26 heavy (non-hydrogen) atoms. The zero-order valence-corrected chi connectivity index (χ0v) is 15.5. The molecule has 1 aliphatic rings. The van der Waals surface area contributed by atoms with Crippen molar-refractivity contribution < 1.29 is 4.74 Å². The minimum atomic E-state index is 0.848. The Kier molecular flexibility index (Phi) is 4.91. The average molecular weight is 350 g/mol. The fourth-order valence-electron chi connectivity index (χ4n) is 3.65. The van der Waals surface area contributed by atoms with Gasteiger partial charge in [0.15, 0.2) is 0 Å². The lowest BCUT2D eigenvalue weighted by Crippen LogP contribution is -2.45. The molecule has 0 amide bonds. The number of rotatable bonds is 5. The van der Waals surface area contributed by atoms with Gasteiger partial charge in [-0.25, -0.2) is 0 Å². The smallest absolute Gasteiger partial charge is 0.121 e. The number of nitrogens with zero attached hydrogens (tertiary/aromatic N) is 3. The molecule has 1 aliphatic heterocycles. The number of fused-ring (bicyclic) bond motifs is 1. The summed E-state index contributed by atoms with van der Waals surface area (Å²) in [5, 5.41) is 8.83. The molecule has 0 bridgehead atoms. The van der Waals surface area contributed by atoms with Gasteiger partial charge in [0.05, 0.1) is 18.3 Å². The molecule has 0 atom stereocenters. The summed E-state index contributed by atoms with van der Waals surface area (Å²) in [7, 11) is 1.69. The molecule has 0 unspecified atom stereocenters. The van der Waals surface area contributed by atoms with Crippen molar-refractivity contribution in [2.24, 2.45) is 0 Å². The monoisotopic (exact) mass is 350 g/mol. The number of hydrogen-bond acceptors (Lipinski definition) is 4. The lowest BCUT2D eigenvalue weighted by Gasteiger charge is -2.34. The maximum atomic E-state index is 5.28. The highest BCUT2D eigenvalue weighted by Crippen LogP contribution is 2.23. The predicted octanol–water partition coefficient (Wildman–Crippen LogP) is 3.20. The van der Waals surface area contributed by atoms with E-state index < -0.39 is 0 Å². The third kappa shape index (κ3) is 3.59. The lowest BCUT2D eigenvalue weighted by molar-refractivity contribution is 0.121. The summed E-state index contributed by atoms with van der Waals surface area (Å²) in [6, 6.07) is 14.8. The number of aromatic amines is 1. The maximum absolute atomic E-state index is 5.28. The third-order valence-electron chi connectivity index (χ3n) is 5.34. The van der Waals surface area contributed by atoms with Crippen LogP contribution in [-0.4, -0.2) is 53.3 Å². The van der Waals surface area contributed by atoms with Crippen LogP contribution in [-0.2, 0) is 13.1 Å². The van der Waals surface area contributed by atoms with Crippen LogP contribution in [0.3, 0.4) is 0 Å². The van der Waals surface area contributed by atoms with E-state index in [0.29, 0.717) is 0 Å². The number of hydrogen-bond donors (Lipinski definition) is 1. The SMILES string of the molecule is COc1ccc2c(CN3CCN(Cc4ccccc4C)CC3)[nH]nc2c1. The largest absolute Gasteiger partial charge is 0.497 e. The Bertz CT molecular complexity index is 881. The van der Waals surface area contributed by atoms with Crippen LogP contribution in [0.1, 0.15) is 16.8 Å². The van der Waals surface area contributed by atoms with Crippen molar-refractivity contribution in [2.75, 3.05) is 33.3 Å². The Balaban J connectivity index is 1.36. The van der Waals surface area contributed by atoms with E-state index in [1.165, 1.54) is 22.2 Å². The molecule has 0 radical (unpaired) electrons. The second-order valence-corrected chi connectivity index (χ2v) is 7.06. The Morgan fingerprint density at radius 2 is 1.73 bits per heavy atom. The fraction of sp³-hybridized carbons (Fsp3) is 0.381. The third-order valence-corrected chi connectivity index (χ3v) is 5.34. The minimum absolute atomic E-state index is 0.848. The number of ether oxygens (including phenoxy) is 1. The van der Waals surface area contributed by atoms with Gasteiger partial charge in [0.2, 0.25) is 0 Å². The molecular weight excluding hydrogens is 324 g/mol. The van der Waals surface area contributed by atoms with Crippen molar-refractivity contribution >= 4 is 10.9 Å². The zero-order valence-electron chi connectivity index (χ0n) is 15.5. The molecule has 2 heterocycles. The first-order valence-corrected chi connectivity index (χ1v) is 9.23. The fourth-order valence-corrected chi connectivity index (χ4v) is 3.65. The van der Waals surface area contributed by atoms with Crippen molar-refractivity contribution in [2.45, 2.75) is 20.0 Å². The van der Waals surface area contributed by atoms with E-state index in [1.54, 1.807) is 7.11 Å². The van der Waals surface area contributed by atoms with Crippen molar-refractivity contribution in [1.29, 1.82) is 0 Å². The number of benzene rings is 2. The van der Waals surface area contributed by atoms with Crippen molar-refractivity contribution in [3.63, 3.8) is 0 Å². The van der Waals surface area contributed by atoms with Gasteiger partial charge in [0.1, 0.15) is 5.75 Å². The molecule has 3 aromatic rings. The van der Waals surface area contributed by atoms with Gasteiger partial charge in [0.25, 0.3) is 0 Å². The first kappa shape index (κ1) is 17.1. The summed E-state index contributed by atoms with van der Waals surface area (Å²) in [5.74, 6) is 0.848. The lowest BCUT2D eigenvalue weighted by atomic mass is 10.1. The molecule has 136 valence electrons. The standard InChI is InChI=1S/C21H26N4O/c1-16-5-3-4-6-17(16)14-24-9-11-25(12-10-24)15-21-19-8-7-18(26-2)13-20(19)22-23-21/h3-8,13H,9-12,14-15H2,1-2H3,(H,22,23). The van der Waals surface area contributed by atoms with Crippen LogP contribution >= 0.6 is 0 Å². The normalized spacial score (nSPS) is 16.2.